The van der Waals surface area contributed by atoms with Crippen molar-refractivity contribution in [1.82, 2.24) is 5.32 Å². The van der Waals surface area contributed by atoms with E-state index in [0.29, 0.717) is 0 Å². The van der Waals surface area contributed by atoms with E-state index >= 15 is 0 Å². The van der Waals surface area contributed by atoms with Crippen LogP contribution in [0.3, 0.4) is 0 Å². The molecular weight excluding hydrogens is 302 g/mol. The lowest BCUT2D eigenvalue weighted by Gasteiger charge is -2.54. The molecule has 0 aliphatic heterocycles. The first-order valence-electron chi connectivity index (χ1n) is 7.57. The third-order valence-electron chi connectivity index (χ3n) is 5.53. The summed E-state index contributed by atoms with van der Waals surface area (Å²) in [5.41, 5.74) is 0. The van der Waals surface area contributed by atoms with E-state index in [2.05, 4.69) is 19.2 Å². The summed E-state index contributed by atoms with van der Waals surface area (Å²) >= 11 is 0. The lowest BCUT2D eigenvalue weighted by atomic mass is 9.97. The summed E-state index contributed by atoms with van der Waals surface area (Å²) < 4.78 is 22.8. The Morgan fingerprint density at radius 3 is 1.10 bits per heavy atom. The van der Waals surface area contributed by atoms with E-state index in [0.717, 1.165) is 33.3 Å². The molecule has 7 heteroatoms. The maximum absolute atomic E-state index is 5.70. The molecule has 0 saturated carbocycles. The third kappa shape index (κ3) is 3.77. The highest BCUT2D eigenvalue weighted by atomic mass is 28.2. The zero-order valence-corrected chi connectivity index (χ0v) is 19.5. The fourth-order valence-corrected chi connectivity index (χ4v) is 5.14. The molecule has 0 spiro atoms. The fourth-order valence-electron chi connectivity index (χ4n) is 2.72. The molecule has 0 aromatic carbocycles. The molecule has 2 atom stereocenters. The van der Waals surface area contributed by atoms with Gasteiger partial charge in [-0.15, -0.1) is 0 Å². The first-order valence-corrected chi connectivity index (χ1v) is 9.57. The van der Waals surface area contributed by atoms with Crippen molar-refractivity contribution in [2.75, 3.05) is 28.4 Å². The second-order valence-corrected chi connectivity index (χ2v) is 9.62. The molecule has 0 radical (unpaired) electrons. The van der Waals surface area contributed by atoms with Crippen molar-refractivity contribution >= 4 is 20.5 Å². The molecule has 0 aromatic rings. The minimum atomic E-state index is -0.679. The average Bonchev–Trinajstić information content (AvgIpc) is 2.52. The highest BCUT2D eigenvalue weighted by molar-refractivity contribution is 6.19. The Bertz CT molecular complexity index is 294. The van der Waals surface area contributed by atoms with Crippen LogP contribution in [0.2, 0.25) is 0 Å². The number of rotatable bonds is 10. The Balaban J connectivity index is 5.71. The van der Waals surface area contributed by atoms with Gasteiger partial charge in [-0.3, -0.25) is 0 Å². The van der Waals surface area contributed by atoms with Crippen molar-refractivity contribution < 1.29 is 18.9 Å². The van der Waals surface area contributed by atoms with Crippen molar-refractivity contribution in [1.29, 1.82) is 0 Å². The molecule has 1 N–H and O–H groups in total. The van der Waals surface area contributed by atoms with Crippen LogP contribution in [0.1, 0.15) is 40.5 Å². The Morgan fingerprint density at radius 2 is 0.952 bits per heavy atom. The zero-order valence-electron chi connectivity index (χ0n) is 15.5. The highest BCUT2D eigenvalue weighted by Crippen LogP contribution is 2.34. The smallest absolute Gasteiger partial charge is 0.179 e. The van der Waals surface area contributed by atoms with E-state index < -0.39 is 11.6 Å². The van der Waals surface area contributed by atoms with E-state index in [1.165, 1.54) is 0 Å². The topological polar surface area (TPSA) is 49.0 Å². The molecule has 0 aromatic heterocycles. The Kier molecular flexibility index (Phi) is 7.76. The van der Waals surface area contributed by atoms with E-state index in [4.69, 9.17) is 18.9 Å². The molecule has 5 nitrogen and oxygen atoms in total. The van der Waals surface area contributed by atoms with E-state index in [1.54, 1.807) is 28.4 Å². The van der Waals surface area contributed by atoms with E-state index in [-0.39, 0.29) is 10.3 Å². The quantitative estimate of drug-likeness (QED) is 0.432. The lowest BCUT2D eigenvalue weighted by molar-refractivity contribution is -0.252. The maximum atomic E-state index is 5.70. The SMILES string of the molecule is CCC([SiH3])(NC([SiH3])(CC)C(C)(OC)OC)C(C)(OC)OC. The maximum Gasteiger partial charge on any atom is 0.179 e. The van der Waals surface area contributed by atoms with Crippen LogP contribution in [0.15, 0.2) is 0 Å². The molecule has 2 unspecified atom stereocenters. The molecule has 128 valence electrons. The molecule has 0 aliphatic carbocycles. The summed E-state index contributed by atoms with van der Waals surface area (Å²) in [5.74, 6) is -1.36. The minimum absolute atomic E-state index is 0.243. The predicted molar refractivity (Wildman–Crippen MR) is 93.9 cm³/mol. The van der Waals surface area contributed by atoms with Gasteiger partial charge in [0.25, 0.3) is 0 Å². The van der Waals surface area contributed by atoms with Crippen LogP contribution >= 0.6 is 0 Å². The number of hydrogen-bond donors (Lipinski definition) is 1. The Labute approximate surface area is 136 Å². The summed E-state index contributed by atoms with van der Waals surface area (Å²) in [5, 5.41) is 3.33. The van der Waals surface area contributed by atoms with Crippen molar-refractivity contribution in [2.24, 2.45) is 0 Å². The van der Waals surface area contributed by atoms with Gasteiger partial charge in [-0.2, -0.15) is 0 Å². The van der Waals surface area contributed by atoms with Crippen molar-refractivity contribution in [3.05, 3.63) is 0 Å². The van der Waals surface area contributed by atoms with Crippen molar-refractivity contribution in [3.8, 4) is 0 Å². The van der Waals surface area contributed by atoms with Crippen LogP contribution in [0.4, 0.5) is 0 Å². The van der Waals surface area contributed by atoms with Crippen molar-refractivity contribution in [3.63, 3.8) is 0 Å². The largest absolute Gasteiger partial charge is 0.352 e. The highest BCUT2D eigenvalue weighted by Gasteiger charge is 2.53. The van der Waals surface area contributed by atoms with Gasteiger partial charge in [0.2, 0.25) is 0 Å². The second-order valence-electron chi connectivity index (χ2n) is 6.20. The molecule has 0 amide bonds. The van der Waals surface area contributed by atoms with Gasteiger partial charge in [0.05, 0.1) is 10.3 Å². The number of ether oxygens (including phenoxy) is 4. The standard InChI is InChI=1S/C14H35NO4Si2/c1-9-13(20,11(3,16-5)17-6)15-14(21,10-2)12(4,18-7)19-8/h15H,9-10H2,1-8,20-21H3. The number of nitrogens with one attached hydrogen (secondary N) is 1. The average molecular weight is 338 g/mol. The molecule has 0 saturated heterocycles. The number of hydrogen-bond acceptors (Lipinski definition) is 5. The Hall–Kier alpha value is 0.234. The van der Waals surface area contributed by atoms with Crippen LogP contribution in [0.25, 0.3) is 0 Å². The molecule has 0 aliphatic rings. The van der Waals surface area contributed by atoms with Gasteiger partial charge in [0.15, 0.2) is 11.6 Å². The molecule has 0 bridgehead atoms. The summed E-state index contributed by atoms with van der Waals surface area (Å²) in [6.07, 6.45) is 1.82. The monoisotopic (exact) mass is 337 g/mol. The minimum Gasteiger partial charge on any atom is -0.352 e. The van der Waals surface area contributed by atoms with Gasteiger partial charge in [0.1, 0.15) is 0 Å². The van der Waals surface area contributed by atoms with Crippen LogP contribution in [-0.2, 0) is 18.9 Å². The molecule has 0 fully saturated rings. The van der Waals surface area contributed by atoms with Crippen LogP contribution < -0.4 is 5.32 Å². The predicted octanol–water partition coefficient (Wildman–Crippen LogP) is -0.463. The van der Waals surface area contributed by atoms with Gasteiger partial charge >= 0.3 is 0 Å². The summed E-state index contributed by atoms with van der Waals surface area (Å²) in [7, 11) is 8.52. The Morgan fingerprint density at radius 1 is 0.714 bits per heavy atom. The van der Waals surface area contributed by atoms with E-state index in [9.17, 15) is 0 Å². The molecule has 0 rings (SSSR count). The van der Waals surface area contributed by atoms with Gasteiger partial charge in [-0.25, -0.2) is 0 Å². The summed E-state index contributed by atoms with van der Waals surface area (Å²) in [6.45, 7) is 8.30. The summed E-state index contributed by atoms with van der Waals surface area (Å²) in [6, 6.07) is 0. The van der Waals surface area contributed by atoms with Gasteiger partial charge in [-0.05, 0) is 26.7 Å². The first kappa shape index (κ1) is 21.2. The zero-order chi connectivity index (χ0) is 16.9. The molecule has 0 heterocycles. The third-order valence-corrected chi connectivity index (χ3v) is 9.26. The van der Waals surface area contributed by atoms with Crippen molar-refractivity contribution in [2.45, 2.75) is 62.4 Å². The van der Waals surface area contributed by atoms with Crippen LogP contribution in [0.5, 0.6) is 0 Å². The van der Waals surface area contributed by atoms with E-state index in [1.807, 2.05) is 13.8 Å². The van der Waals surface area contributed by atoms with Crippen LogP contribution in [-0.4, -0.2) is 70.8 Å². The molecular formula is C14H35NO4Si2. The molecule has 21 heavy (non-hydrogen) atoms. The second kappa shape index (κ2) is 7.67. The first-order chi connectivity index (χ1) is 9.57. The van der Waals surface area contributed by atoms with Gasteiger partial charge in [-0.1, -0.05) is 13.8 Å². The van der Waals surface area contributed by atoms with Gasteiger partial charge in [0, 0.05) is 48.9 Å². The lowest BCUT2D eigenvalue weighted by Crippen LogP contribution is -2.75. The van der Waals surface area contributed by atoms with Crippen LogP contribution in [0, 0.1) is 0 Å². The summed E-state index contributed by atoms with van der Waals surface area (Å²) in [4.78, 5) is 0. The van der Waals surface area contributed by atoms with Gasteiger partial charge < -0.3 is 24.3 Å². The normalized spacial score (nSPS) is 19.4. The number of methoxy groups -OCH3 is 4. The fraction of sp³-hybridized carbons (Fsp3) is 1.00.